The Morgan fingerprint density at radius 3 is 2.33 bits per heavy atom. The predicted octanol–water partition coefficient (Wildman–Crippen LogP) is 7.30. The Morgan fingerprint density at radius 2 is 1.70 bits per heavy atom. The number of ether oxygens (including phenoxy) is 2. The normalized spacial score (nSPS) is 14.8. The molecule has 2 amide bonds. The van der Waals surface area contributed by atoms with Crippen LogP contribution in [0.4, 0.5) is 18.9 Å². The first-order valence-corrected chi connectivity index (χ1v) is 15.4. The Kier molecular flexibility index (Phi) is 9.24. The van der Waals surface area contributed by atoms with Crippen LogP contribution in [0.5, 0.6) is 11.5 Å². The van der Waals surface area contributed by atoms with Gasteiger partial charge in [-0.1, -0.05) is 63.7 Å². The molecule has 0 radical (unpaired) electrons. The van der Waals surface area contributed by atoms with Crippen molar-refractivity contribution in [3.8, 4) is 28.6 Å². The lowest BCUT2D eigenvalue weighted by Gasteiger charge is -2.24. The van der Waals surface area contributed by atoms with E-state index in [0.29, 0.717) is 28.1 Å². The zero-order valence-corrected chi connectivity index (χ0v) is 26.6. The summed E-state index contributed by atoms with van der Waals surface area (Å²) in [5.41, 5.74) is 3.17. The van der Waals surface area contributed by atoms with Gasteiger partial charge in [0.05, 0.1) is 24.2 Å². The molecule has 0 saturated carbocycles. The topological polar surface area (TPSA) is 98.9 Å². The Morgan fingerprint density at radius 1 is 1.02 bits per heavy atom. The number of aliphatic imine (C=N–C) groups is 1. The van der Waals surface area contributed by atoms with Gasteiger partial charge in [0, 0.05) is 12.0 Å². The molecule has 4 aromatic rings. The predicted molar refractivity (Wildman–Crippen MR) is 171 cm³/mol. The maximum atomic E-state index is 13.3. The summed E-state index contributed by atoms with van der Waals surface area (Å²) in [6, 6.07) is 18.3. The molecule has 13 heteroatoms. The minimum Gasteiger partial charge on any atom is -0.497 e. The quantitative estimate of drug-likeness (QED) is 0.187. The van der Waals surface area contributed by atoms with Gasteiger partial charge in [-0.05, 0) is 64.9 Å². The minimum absolute atomic E-state index is 0.110. The fourth-order valence-electron chi connectivity index (χ4n) is 5.02. The number of halogens is 3. The minimum atomic E-state index is -4.77. The van der Waals surface area contributed by atoms with E-state index in [1.807, 2.05) is 64.1 Å². The van der Waals surface area contributed by atoms with Crippen LogP contribution in [0.25, 0.3) is 17.1 Å². The van der Waals surface area contributed by atoms with Crippen molar-refractivity contribution in [3.05, 3.63) is 84.2 Å². The second-order valence-electron chi connectivity index (χ2n) is 11.6. The lowest BCUT2D eigenvalue weighted by atomic mass is 9.81. The maximum absolute atomic E-state index is 13.3. The van der Waals surface area contributed by atoms with E-state index in [0.717, 1.165) is 16.7 Å². The van der Waals surface area contributed by atoms with Gasteiger partial charge in [-0.15, -0.1) is 18.3 Å². The number of hydrogen-bond acceptors (Lipinski definition) is 7. The second-order valence-corrected chi connectivity index (χ2v) is 12.5. The van der Waals surface area contributed by atoms with Crippen molar-refractivity contribution in [1.29, 1.82) is 0 Å². The van der Waals surface area contributed by atoms with E-state index in [9.17, 15) is 22.8 Å². The van der Waals surface area contributed by atoms with Crippen LogP contribution in [-0.4, -0.2) is 51.0 Å². The van der Waals surface area contributed by atoms with E-state index >= 15 is 0 Å². The molecule has 0 N–H and O–H groups in total. The summed E-state index contributed by atoms with van der Waals surface area (Å²) in [7, 11) is 1.59. The van der Waals surface area contributed by atoms with Crippen molar-refractivity contribution < 1.29 is 32.2 Å². The van der Waals surface area contributed by atoms with Crippen LogP contribution in [-0.2, 0) is 15.0 Å². The SMILES string of the molecule is COc1ccc(N2C(=O)CSC2=NC(=O)CC(C)(C)c2ccc(-c3ncn(-c4ccc(OC(F)(F)F)cc4)n3)cc2)c(C(C)C)c1. The molecule has 0 unspecified atom stereocenters. The number of carbonyl (C=O) groups excluding carboxylic acids is 2. The summed E-state index contributed by atoms with van der Waals surface area (Å²) in [6.07, 6.45) is -3.19. The lowest BCUT2D eigenvalue weighted by molar-refractivity contribution is -0.274. The standard InChI is InChI=1S/C33H32F3N5O4S/c1-20(2)26-16-25(44-5)14-15-27(26)41-29(43)18-46-31(41)38-28(42)17-32(3,4)22-8-6-21(7-9-22)30-37-19-40(39-30)23-10-12-24(13-11-23)45-33(34,35)36/h6-16,19-20H,17-18H2,1-5H3. The third kappa shape index (κ3) is 7.41. The van der Waals surface area contributed by atoms with Crippen molar-refractivity contribution in [2.75, 3.05) is 17.8 Å². The average Bonchev–Trinajstić information content (AvgIpc) is 3.63. The molecule has 46 heavy (non-hydrogen) atoms. The zero-order valence-electron chi connectivity index (χ0n) is 25.8. The number of hydrogen-bond donors (Lipinski definition) is 0. The van der Waals surface area contributed by atoms with Crippen molar-refractivity contribution in [2.45, 2.75) is 51.8 Å². The summed E-state index contributed by atoms with van der Waals surface area (Å²) in [5.74, 6) is 0.605. The summed E-state index contributed by atoms with van der Waals surface area (Å²) >= 11 is 1.24. The Balaban J connectivity index is 1.29. The maximum Gasteiger partial charge on any atom is 0.573 e. The first-order chi connectivity index (χ1) is 21.7. The number of anilines is 1. The molecule has 3 aromatic carbocycles. The van der Waals surface area contributed by atoms with E-state index in [-0.39, 0.29) is 35.7 Å². The number of alkyl halides is 3. The van der Waals surface area contributed by atoms with E-state index in [1.54, 1.807) is 13.2 Å². The van der Waals surface area contributed by atoms with E-state index in [4.69, 9.17) is 4.74 Å². The van der Waals surface area contributed by atoms with Gasteiger partial charge in [-0.25, -0.2) is 9.67 Å². The van der Waals surface area contributed by atoms with E-state index < -0.39 is 11.8 Å². The van der Waals surface area contributed by atoms with Crippen LogP contribution in [0.3, 0.4) is 0 Å². The Hall–Kier alpha value is -4.65. The van der Waals surface area contributed by atoms with Crippen LogP contribution in [0, 0.1) is 0 Å². The molecule has 1 saturated heterocycles. The highest BCUT2D eigenvalue weighted by Gasteiger charge is 2.34. The summed E-state index contributed by atoms with van der Waals surface area (Å²) in [4.78, 5) is 36.4. The number of nitrogens with zero attached hydrogens (tertiary/aromatic N) is 5. The Bertz CT molecular complexity index is 1770. The van der Waals surface area contributed by atoms with Crippen LogP contribution in [0.15, 0.2) is 78.0 Å². The molecule has 0 atom stereocenters. The average molecular weight is 652 g/mol. The first-order valence-electron chi connectivity index (χ1n) is 14.4. The number of amidine groups is 1. The van der Waals surface area contributed by atoms with Crippen LogP contribution in [0.2, 0.25) is 0 Å². The van der Waals surface area contributed by atoms with Gasteiger partial charge in [0.1, 0.15) is 17.8 Å². The zero-order chi connectivity index (χ0) is 33.2. The molecule has 1 fully saturated rings. The monoisotopic (exact) mass is 651 g/mol. The highest BCUT2D eigenvalue weighted by Crippen LogP contribution is 2.36. The van der Waals surface area contributed by atoms with Gasteiger partial charge in [0.25, 0.3) is 0 Å². The number of carbonyl (C=O) groups is 2. The van der Waals surface area contributed by atoms with Crippen molar-refractivity contribution in [2.24, 2.45) is 4.99 Å². The molecule has 240 valence electrons. The van der Waals surface area contributed by atoms with Crippen LogP contribution < -0.4 is 14.4 Å². The van der Waals surface area contributed by atoms with Gasteiger partial charge in [0.15, 0.2) is 11.0 Å². The van der Waals surface area contributed by atoms with E-state index in [2.05, 4.69) is 19.8 Å². The smallest absolute Gasteiger partial charge is 0.497 e. The van der Waals surface area contributed by atoms with Crippen molar-refractivity contribution in [3.63, 3.8) is 0 Å². The number of benzene rings is 3. The summed E-state index contributed by atoms with van der Waals surface area (Å²) in [5, 5.41) is 4.81. The number of aromatic nitrogens is 3. The molecular weight excluding hydrogens is 619 g/mol. The molecule has 0 aliphatic carbocycles. The second kappa shape index (κ2) is 13.0. The molecule has 1 aliphatic rings. The van der Waals surface area contributed by atoms with Gasteiger partial charge in [-0.3, -0.25) is 14.5 Å². The van der Waals surface area contributed by atoms with Crippen LogP contribution >= 0.6 is 11.8 Å². The third-order valence-corrected chi connectivity index (χ3v) is 8.35. The highest BCUT2D eigenvalue weighted by molar-refractivity contribution is 8.15. The molecule has 2 heterocycles. The largest absolute Gasteiger partial charge is 0.573 e. The first kappa shape index (κ1) is 32.7. The van der Waals surface area contributed by atoms with E-state index in [1.165, 1.54) is 51.9 Å². The molecular formula is C33H32F3N5O4S. The van der Waals surface area contributed by atoms with Gasteiger partial charge in [-0.2, -0.15) is 4.99 Å². The fourth-order valence-corrected chi connectivity index (χ4v) is 5.90. The number of thioether (sulfide) groups is 1. The van der Waals surface area contributed by atoms with Gasteiger partial charge in [0.2, 0.25) is 11.8 Å². The van der Waals surface area contributed by atoms with Crippen LogP contribution in [0.1, 0.15) is 51.2 Å². The fraction of sp³-hybridized carbons (Fsp3) is 0.303. The number of rotatable bonds is 9. The van der Waals surface area contributed by atoms with Crippen molar-refractivity contribution in [1.82, 2.24) is 14.8 Å². The lowest BCUT2D eigenvalue weighted by Crippen LogP contribution is -2.31. The Labute approximate surface area is 268 Å². The van der Waals surface area contributed by atoms with Gasteiger partial charge < -0.3 is 9.47 Å². The van der Waals surface area contributed by atoms with Gasteiger partial charge >= 0.3 is 6.36 Å². The molecule has 1 aliphatic heterocycles. The summed E-state index contributed by atoms with van der Waals surface area (Å²) < 4.78 is 48.1. The molecule has 9 nitrogen and oxygen atoms in total. The number of methoxy groups -OCH3 is 1. The molecule has 1 aromatic heterocycles. The van der Waals surface area contributed by atoms with Crippen molar-refractivity contribution >= 4 is 34.4 Å². The number of amides is 2. The summed E-state index contributed by atoms with van der Waals surface area (Å²) in [6.45, 7) is 7.96. The highest BCUT2D eigenvalue weighted by atomic mass is 32.2. The molecule has 5 rings (SSSR count). The molecule has 0 bridgehead atoms. The third-order valence-electron chi connectivity index (χ3n) is 7.43. The molecule has 0 spiro atoms.